The molecule has 7 heterocycles. The lowest BCUT2D eigenvalue weighted by Gasteiger charge is -2.20. The minimum Gasteiger partial charge on any atom is -0.318 e. The van der Waals surface area contributed by atoms with Crippen LogP contribution in [0.25, 0.3) is 0 Å². The SMILES string of the molecule is CC(C)c1cccn(C)c1=O.CC1=C(C(C)(C)C)CN=C1.CC1=CC(C(C)C)=NC1.Cc1ccc(C(C)C)nc1.Cc1ccnc(C(C)C)c1.Cc1cnc(C)c(C(C)C)c1.Cc1csc(C(C)C)n1. The summed E-state index contributed by atoms with van der Waals surface area (Å²) in [7, 11) is 1.77. The highest BCUT2D eigenvalue weighted by molar-refractivity contribution is 7.09. The zero-order chi connectivity index (χ0) is 53.5. The van der Waals surface area contributed by atoms with Crippen molar-refractivity contribution in [2.24, 2.45) is 28.4 Å². The fourth-order valence-corrected chi connectivity index (χ4v) is 7.66. The van der Waals surface area contributed by atoms with Crippen LogP contribution in [0.5, 0.6) is 0 Å². The Morgan fingerprint density at radius 3 is 1.59 bits per heavy atom. The van der Waals surface area contributed by atoms with E-state index in [0.717, 1.165) is 30.0 Å². The second-order valence-electron chi connectivity index (χ2n) is 21.5. The van der Waals surface area contributed by atoms with Gasteiger partial charge in [0.15, 0.2) is 0 Å². The molecule has 384 valence electrons. The molecule has 0 aromatic carbocycles. The van der Waals surface area contributed by atoms with E-state index in [9.17, 15) is 4.79 Å². The van der Waals surface area contributed by atoms with Crippen LogP contribution in [0.3, 0.4) is 0 Å². The molecule has 0 atom stereocenters. The summed E-state index contributed by atoms with van der Waals surface area (Å²) in [5, 5.41) is 3.34. The summed E-state index contributed by atoms with van der Waals surface area (Å²) < 4.78 is 1.61. The van der Waals surface area contributed by atoms with Crippen LogP contribution in [0.2, 0.25) is 0 Å². The molecule has 0 radical (unpaired) electrons. The zero-order valence-corrected chi connectivity index (χ0v) is 48.7. The first-order chi connectivity index (χ1) is 32.5. The number of allylic oxidation sites excluding steroid dienone is 2. The van der Waals surface area contributed by atoms with Crippen molar-refractivity contribution in [2.45, 2.75) is 182 Å². The quantitative estimate of drug-likeness (QED) is 0.169. The van der Waals surface area contributed by atoms with Crippen molar-refractivity contribution in [3.05, 3.63) is 161 Å². The van der Waals surface area contributed by atoms with Gasteiger partial charge >= 0.3 is 0 Å². The number of thiazole rings is 1. The number of pyridine rings is 4. The second-order valence-corrected chi connectivity index (χ2v) is 22.3. The van der Waals surface area contributed by atoms with Gasteiger partial charge in [0.05, 0.1) is 18.1 Å². The van der Waals surface area contributed by atoms with Gasteiger partial charge in [-0.2, -0.15) is 0 Å². The van der Waals surface area contributed by atoms with Crippen molar-refractivity contribution in [1.82, 2.24) is 24.5 Å². The summed E-state index contributed by atoms with van der Waals surface area (Å²) >= 11 is 1.75. The minimum absolute atomic E-state index is 0.113. The number of aromatic nitrogens is 5. The number of aliphatic imine (C=N–C) groups is 2. The molecule has 9 heteroatoms. The van der Waals surface area contributed by atoms with Crippen molar-refractivity contribution in [3.63, 3.8) is 0 Å². The van der Waals surface area contributed by atoms with Crippen molar-refractivity contribution in [1.29, 1.82) is 0 Å². The molecule has 0 N–H and O–H groups in total. The maximum Gasteiger partial charge on any atom is 0.253 e. The molecule has 0 unspecified atom stereocenters. The molecular weight excluding hydrogens is 879 g/mol. The largest absolute Gasteiger partial charge is 0.318 e. The van der Waals surface area contributed by atoms with Gasteiger partial charge in [-0.15, -0.1) is 11.3 Å². The summed E-state index contributed by atoms with van der Waals surface area (Å²) in [6, 6.07) is 14.3. The lowest BCUT2D eigenvalue weighted by Crippen LogP contribution is -2.20. The molecule has 70 heavy (non-hydrogen) atoms. The van der Waals surface area contributed by atoms with E-state index in [1.165, 1.54) is 61.1 Å². The molecule has 0 saturated heterocycles. The van der Waals surface area contributed by atoms with E-state index in [0.29, 0.717) is 40.9 Å². The third kappa shape index (κ3) is 24.1. The number of rotatable bonds is 6. The lowest BCUT2D eigenvalue weighted by molar-refractivity contribution is 0.496. The smallest absolute Gasteiger partial charge is 0.253 e. The molecule has 0 saturated carbocycles. The average Bonchev–Trinajstić information content (AvgIpc) is 4.05. The topological polar surface area (TPSA) is 98.3 Å². The van der Waals surface area contributed by atoms with Crippen molar-refractivity contribution in [2.75, 3.05) is 13.1 Å². The maximum absolute atomic E-state index is 11.4. The van der Waals surface area contributed by atoms with Crippen LogP contribution < -0.4 is 5.56 Å². The van der Waals surface area contributed by atoms with E-state index in [1.807, 2.05) is 63.8 Å². The van der Waals surface area contributed by atoms with E-state index in [4.69, 9.17) is 0 Å². The molecule has 8 nitrogen and oxygen atoms in total. The van der Waals surface area contributed by atoms with E-state index in [1.54, 1.807) is 29.1 Å². The number of aryl methyl sites for hydroxylation is 6. The van der Waals surface area contributed by atoms with E-state index in [2.05, 4.69) is 197 Å². The summed E-state index contributed by atoms with van der Waals surface area (Å²) in [5.74, 6) is 3.17. The number of hydrogen-bond acceptors (Lipinski definition) is 8. The van der Waals surface area contributed by atoms with Crippen LogP contribution in [0, 0.1) is 46.0 Å². The monoisotopic (exact) mass is 972 g/mol. The summed E-state index contributed by atoms with van der Waals surface area (Å²) in [5.41, 5.74) is 16.6. The molecule has 0 aliphatic carbocycles. The first kappa shape index (κ1) is 62.9. The Hall–Kier alpha value is -5.15. The zero-order valence-electron chi connectivity index (χ0n) is 47.9. The summed E-state index contributed by atoms with van der Waals surface area (Å²) in [6.45, 7) is 48.9. The Bertz CT molecular complexity index is 2490. The molecule has 2 aliphatic rings. The van der Waals surface area contributed by atoms with Gasteiger partial charge in [-0.1, -0.05) is 128 Å². The van der Waals surface area contributed by atoms with Crippen LogP contribution in [-0.4, -0.2) is 49.5 Å². The Morgan fingerprint density at radius 1 is 0.629 bits per heavy atom. The third-order valence-electron chi connectivity index (χ3n) is 11.3. The summed E-state index contributed by atoms with van der Waals surface area (Å²) in [4.78, 5) is 37.1. The number of hydrogen-bond donors (Lipinski definition) is 0. The first-order valence-corrected chi connectivity index (χ1v) is 26.2. The van der Waals surface area contributed by atoms with Gasteiger partial charge in [0.1, 0.15) is 0 Å². The predicted molar refractivity (Wildman–Crippen MR) is 307 cm³/mol. The molecular formula is C61H93N7OS. The molecule has 0 bridgehead atoms. The van der Waals surface area contributed by atoms with Crippen LogP contribution in [-0.2, 0) is 7.05 Å². The van der Waals surface area contributed by atoms with E-state index in [-0.39, 0.29) is 5.56 Å². The Kier molecular flexibility index (Phi) is 28.1. The molecule has 5 aromatic heterocycles. The van der Waals surface area contributed by atoms with Gasteiger partial charge in [-0.25, -0.2) is 4.98 Å². The van der Waals surface area contributed by atoms with Gasteiger partial charge < -0.3 is 4.57 Å². The highest BCUT2D eigenvalue weighted by Crippen LogP contribution is 2.30. The normalized spacial score (nSPS) is 12.7. The van der Waals surface area contributed by atoms with Gasteiger partial charge in [0.25, 0.3) is 5.56 Å². The minimum atomic E-state index is 0.113. The van der Waals surface area contributed by atoms with Gasteiger partial charge in [0.2, 0.25) is 0 Å². The molecule has 5 aromatic rings. The van der Waals surface area contributed by atoms with Crippen LogP contribution in [0.15, 0.2) is 110 Å². The molecule has 2 aliphatic heterocycles. The van der Waals surface area contributed by atoms with Gasteiger partial charge in [0, 0.05) is 83.4 Å². The van der Waals surface area contributed by atoms with Gasteiger partial charge in [-0.3, -0.25) is 29.7 Å². The van der Waals surface area contributed by atoms with Gasteiger partial charge in [-0.05, 0) is 147 Å². The summed E-state index contributed by atoms with van der Waals surface area (Å²) in [6.07, 6.45) is 11.6. The van der Waals surface area contributed by atoms with Crippen molar-refractivity contribution in [3.8, 4) is 0 Å². The maximum atomic E-state index is 11.4. The van der Waals surface area contributed by atoms with Crippen molar-refractivity contribution >= 4 is 23.3 Å². The first-order valence-electron chi connectivity index (χ1n) is 25.3. The lowest BCUT2D eigenvalue weighted by atomic mass is 9.85. The Labute approximate surface area is 430 Å². The van der Waals surface area contributed by atoms with Crippen LogP contribution in [0.1, 0.15) is 203 Å². The highest BCUT2D eigenvalue weighted by Gasteiger charge is 2.20. The Balaban J connectivity index is 0.000000409. The Morgan fingerprint density at radius 2 is 1.24 bits per heavy atom. The fraction of sp³-hybridized carbons (Fsp3) is 0.525. The fourth-order valence-electron chi connectivity index (χ4n) is 6.85. The average molecular weight is 973 g/mol. The van der Waals surface area contributed by atoms with Crippen LogP contribution >= 0.6 is 11.3 Å². The number of nitrogens with zero attached hydrogens (tertiary/aromatic N) is 7. The predicted octanol–water partition coefficient (Wildman–Crippen LogP) is 16.4. The van der Waals surface area contributed by atoms with Crippen LogP contribution in [0.4, 0.5) is 0 Å². The van der Waals surface area contributed by atoms with Crippen molar-refractivity contribution < 1.29 is 0 Å². The standard InChI is InChI=1S/C10H15N.C9H13NO.C9H15N.2C9H13N.C8H13N.C7H11NS/c1-7(2)10-5-8(3)6-11-9(10)4;1-7(2)8-5-4-6-10(3)9(8)11;1-7-5-10-6-8(7)9(2,3)4;1-7(2)9-6-8(3)4-5-10-9;1-7(2)9-5-4-8(3)6-10-9;1-6(2)8-4-7(3)5-9-8;1-5(2)7-8-6(3)4-9-7/h5-7H,1-4H3;4-7H,1-3H3;5H,6H2,1-4H3;2*4-7H,1-3H3;4,6H,5H2,1-3H3;4-5H,1-3H3. The van der Waals surface area contributed by atoms with E-state index >= 15 is 0 Å². The molecule has 0 spiro atoms. The highest BCUT2D eigenvalue weighted by atomic mass is 32.1. The molecule has 0 amide bonds. The second kappa shape index (κ2) is 31.2. The van der Waals surface area contributed by atoms with E-state index < -0.39 is 0 Å². The third-order valence-corrected chi connectivity index (χ3v) is 12.5. The molecule has 0 fully saturated rings. The molecule has 7 rings (SSSR count).